The van der Waals surface area contributed by atoms with Crippen LogP contribution in [-0.2, 0) is 13.6 Å². The van der Waals surface area contributed by atoms with Crippen LogP contribution < -0.4 is 5.32 Å². The molecule has 0 unspecified atom stereocenters. The van der Waals surface area contributed by atoms with E-state index in [1.807, 2.05) is 52.0 Å². The number of hydrogen-bond donors (Lipinski definition) is 1. The first-order chi connectivity index (χ1) is 12.7. The first-order valence-corrected chi connectivity index (χ1v) is 9.95. The molecule has 0 aromatic carbocycles. The number of nitrogens with zero attached hydrogens (tertiary/aromatic N) is 4. The van der Waals surface area contributed by atoms with Crippen molar-refractivity contribution >= 4 is 28.6 Å². The summed E-state index contributed by atoms with van der Waals surface area (Å²) in [6.45, 7) is 1.12. The van der Waals surface area contributed by atoms with Gasteiger partial charge in [-0.05, 0) is 35.0 Å². The Morgan fingerprint density at radius 3 is 2.88 bits per heavy atom. The average Bonchev–Trinajstić information content (AvgIpc) is 3.40. The highest BCUT2D eigenvalue weighted by atomic mass is 32.1. The van der Waals surface area contributed by atoms with Gasteiger partial charge in [0.15, 0.2) is 0 Å². The van der Waals surface area contributed by atoms with Gasteiger partial charge in [-0.3, -0.25) is 14.2 Å². The fraction of sp³-hybridized carbons (Fsp3) is 0.167. The Hall–Kier alpha value is -2.71. The zero-order valence-electron chi connectivity index (χ0n) is 14.1. The monoisotopic (exact) mass is 383 g/mol. The Morgan fingerprint density at radius 2 is 2.12 bits per heavy atom. The maximum atomic E-state index is 12.4. The van der Waals surface area contributed by atoms with E-state index in [0.29, 0.717) is 18.8 Å². The Morgan fingerprint density at radius 1 is 1.19 bits per heavy atom. The Labute approximate surface area is 158 Å². The average molecular weight is 384 g/mol. The third-order valence-corrected chi connectivity index (χ3v) is 5.55. The molecule has 0 aliphatic carbocycles. The van der Waals surface area contributed by atoms with Gasteiger partial charge in [0.05, 0.1) is 17.1 Å². The SMILES string of the molecule is Cn1nc(-c2cccs2)cc1C(=O)NCCn1ccc(-c2ccsc2)n1. The summed E-state index contributed by atoms with van der Waals surface area (Å²) in [4.78, 5) is 13.5. The van der Waals surface area contributed by atoms with Crippen LogP contribution in [0.25, 0.3) is 21.8 Å². The number of hydrogen-bond acceptors (Lipinski definition) is 5. The highest BCUT2D eigenvalue weighted by molar-refractivity contribution is 7.13. The first-order valence-electron chi connectivity index (χ1n) is 8.13. The molecule has 0 fully saturated rings. The number of nitrogens with one attached hydrogen (secondary N) is 1. The van der Waals surface area contributed by atoms with E-state index < -0.39 is 0 Å². The molecule has 0 bridgehead atoms. The largest absolute Gasteiger partial charge is 0.349 e. The van der Waals surface area contributed by atoms with Crippen LogP contribution in [0.3, 0.4) is 0 Å². The van der Waals surface area contributed by atoms with Crippen LogP contribution in [0.15, 0.2) is 52.7 Å². The summed E-state index contributed by atoms with van der Waals surface area (Å²) in [6, 6.07) is 9.83. The molecule has 0 aliphatic heterocycles. The van der Waals surface area contributed by atoms with E-state index in [-0.39, 0.29) is 5.91 Å². The summed E-state index contributed by atoms with van der Waals surface area (Å²) in [5.74, 6) is -0.131. The van der Waals surface area contributed by atoms with Crippen LogP contribution in [-0.4, -0.2) is 32.0 Å². The number of thiophene rings is 2. The highest BCUT2D eigenvalue weighted by Crippen LogP contribution is 2.23. The molecule has 0 atom stereocenters. The van der Waals surface area contributed by atoms with Crippen molar-refractivity contribution in [2.24, 2.45) is 7.05 Å². The van der Waals surface area contributed by atoms with Gasteiger partial charge in [-0.15, -0.1) is 11.3 Å². The summed E-state index contributed by atoms with van der Waals surface area (Å²) in [5, 5.41) is 18.0. The van der Waals surface area contributed by atoms with Crippen molar-refractivity contribution in [2.45, 2.75) is 6.54 Å². The summed E-state index contributed by atoms with van der Waals surface area (Å²) in [5.41, 5.74) is 3.44. The molecule has 4 aromatic heterocycles. The Kier molecular flexibility index (Phi) is 4.68. The predicted octanol–water partition coefficient (Wildman–Crippen LogP) is 3.50. The Bertz CT molecular complexity index is 999. The van der Waals surface area contributed by atoms with Crippen LogP contribution in [0.4, 0.5) is 0 Å². The quantitative estimate of drug-likeness (QED) is 0.554. The molecule has 0 saturated carbocycles. The molecule has 0 aliphatic rings. The molecule has 26 heavy (non-hydrogen) atoms. The number of amides is 1. The fourth-order valence-corrected chi connectivity index (χ4v) is 3.98. The number of carbonyl (C=O) groups is 1. The van der Waals surface area contributed by atoms with Crippen molar-refractivity contribution in [3.63, 3.8) is 0 Å². The molecule has 1 amide bonds. The van der Waals surface area contributed by atoms with Crippen LogP contribution in [0.2, 0.25) is 0 Å². The standard InChI is InChI=1S/C18H17N5OS2/c1-22-16(11-15(20-22)17-3-2-9-26-17)18(24)19-6-8-23-7-4-14(21-23)13-5-10-25-12-13/h2-5,7,9-12H,6,8H2,1H3,(H,19,24). The predicted molar refractivity (Wildman–Crippen MR) is 104 cm³/mol. The Balaban J connectivity index is 1.36. The van der Waals surface area contributed by atoms with Gasteiger partial charge in [0.2, 0.25) is 0 Å². The van der Waals surface area contributed by atoms with Gasteiger partial charge in [-0.25, -0.2) is 0 Å². The van der Waals surface area contributed by atoms with Crippen LogP contribution >= 0.6 is 22.7 Å². The number of aromatic nitrogens is 4. The minimum absolute atomic E-state index is 0.131. The third kappa shape index (κ3) is 3.47. The van der Waals surface area contributed by atoms with Gasteiger partial charge in [-0.2, -0.15) is 21.5 Å². The van der Waals surface area contributed by atoms with E-state index in [1.165, 1.54) is 0 Å². The molecule has 0 spiro atoms. The first kappa shape index (κ1) is 16.7. The summed E-state index contributed by atoms with van der Waals surface area (Å²) in [6.07, 6.45) is 1.93. The second-order valence-electron chi connectivity index (χ2n) is 5.75. The minimum Gasteiger partial charge on any atom is -0.349 e. The highest BCUT2D eigenvalue weighted by Gasteiger charge is 2.14. The maximum absolute atomic E-state index is 12.4. The normalized spacial score (nSPS) is 11.0. The molecule has 132 valence electrons. The van der Waals surface area contributed by atoms with Gasteiger partial charge in [0.25, 0.3) is 5.91 Å². The van der Waals surface area contributed by atoms with Crippen LogP contribution in [0.5, 0.6) is 0 Å². The molecular formula is C18H17N5OS2. The lowest BCUT2D eigenvalue weighted by molar-refractivity contribution is 0.0942. The molecule has 6 nitrogen and oxygen atoms in total. The second-order valence-corrected chi connectivity index (χ2v) is 7.48. The topological polar surface area (TPSA) is 64.7 Å². The smallest absolute Gasteiger partial charge is 0.269 e. The molecule has 0 radical (unpaired) electrons. The zero-order valence-corrected chi connectivity index (χ0v) is 15.8. The van der Waals surface area contributed by atoms with Gasteiger partial charge in [-0.1, -0.05) is 6.07 Å². The fourth-order valence-electron chi connectivity index (χ4n) is 2.65. The lowest BCUT2D eigenvalue weighted by Crippen LogP contribution is -2.29. The molecule has 4 aromatic rings. The molecule has 4 heterocycles. The number of rotatable bonds is 6. The summed E-state index contributed by atoms with van der Waals surface area (Å²) in [7, 11) is 1.78. The lowest BCUT2D eigenvalue weighted by Gasteiger charge is -2.05. The van der Waals surface area contributed by atoms with Crippen molar-refractivity contribution in [3.05, 3.63) is 58.4 Å². The third-order valence-electron chi connectivity index (χ3n) is 3.97. The van der Waals surface area contributed by atoms with E-state index in [1.54, 1.807) is 34.4 Å². The van der Waals surface area contributed by atoms with Gasteiger partial charge >= 0.3 is 0 Å². The van der Waals surface area contributed by atoms with E-state index in [4.69, 9.17) is 0 Å². The molecule has 1 N–H and O–H groups in total. The van der Waals surface area contributed by atoms with Gasteiger partial charge in [0, 0.05) is 30.7 Å². The van der Waals surface area contributed by atoms with Crippen molar-refractivity contribution in [2.75, 3.05) is 6.54 Å². The van der Waals surface area contributed by atoms with Gasteiger partial charge in [0.1, 0.15) is 11.4 Å². The van der Waals surface area contributed by atoms with Crippen LogP contribution in [0, 0.1) is 0 Å². The van der Waals surface area contributed by atoms with Crippen LogP contribution in [0.1, 0.15) is 10.5 Å². The number of aryl methyl sites for hydroxylation is 1. The molecule has 0 saturated heterocycles. The van der Waals surface area contributed by atoms with Crippen molar-refractivity contribution in [3.8, 4) is 21.8 Å². The molecule has 8 heteroatoms. The maximum Gasteiger partial charge on any atom is 0.269 e. The lowest BCUT2D eigenvalue weighted by atomic mass is 10.2. The van der Waals surface area contributed by atoms with E-state index in [0.717, 1.165) is 21.8 Å². The molecular weight excluding hydrogens is 366 g/mol. The number of carbonyl (C=O) groups excluding carboxylic acids is 1. The van der Waals surface area contributed by atoms with Gasteiger partial charge < -0.3 is 5.32 Å². The van der Waals surface area contributed by atoms with Crippen molar-refractivity contribution in [1.82, 2.24) is 24.9 Å². The molecule has 4 rings (SSSR count). The van der Waals surface area contributed by atoms with Crippen molar-refractivity contribution in [1.29, 1.82) is 0 Å². The second kappa shape index (κ2) is 7.27. The summed E-state index contributed by atoms with van der Waals surface area (Å²) >= 11 is 3.26. The minimum atomic E-state index is -0.131. The van der Waals surface area contributed by atoms with E-state index >= 15 is 0 Å². The zero-order chi connectivity index (χ0) is 17.9. The van der Waals surface area contributed by atoms with Crippen molar-refractivity contribution < 1.29 is 4.79 Å². The summed E-state index contributed by atoms with van der Waals surface area (Å²) < 4.78 is 3.46. The van der Waals surface area contributed by atoms with E-state index in [2.05, 4.69) is 20.9 Å². The van der Waals surface area contributed by atoms with E-state index in [9.17, 15) is 4.79 Å².